The molecule has 3 aromatic carbocycles. The van der Waals surface area contributed by atoms with Gasteiger partial charge < -0.3 is 24.2 Å². The average Bonchev–Trinajstić information content (AvgIpc) is 3.75. The predicted molar refractivity (Wildman–Crippen MR) is 200 cm³/mol. The van der Waals surface area contributed by atoms with Crippen LogP contribution < -0.4 is 4.74 Å². The van der Waals surface area contributed by atoms with Crippen molar-refractivity contribution in [2.24, 2.45) is 0 Å². The Morgan fingerprint density at radius 3 is 2.23 bits per heavy atom. The minimum atomic E-state index is -0.595. The summed E-state index contributed by atoms with van der Waals surface area (Å²) in [5, 5.41) is 11.4. The first-order valence-electron chi connectivity index (χ1n) is 18.5. The van der Waals surface area contributed by atoms with Gasteiger partial charge in [0.05, 0.1) is 36.9 Å². The Morgan fingerprint density at radius 2 is 1.58 bits per heavy atom. The third kappa shape index (κ3) is 8.91. The minimum Gasteiger partial charge on any atom is -0.496 e. The van der Waals surface area contributed by atoms with Crippen LogP contribution in [-0.4, -0.2) is 137 Å². The lowest BCUT2D eigenvalue weighted by atomic mass is 9.71. The third-order valence-corrected chi connectivity index (χ3v) is 10.7. The van der Waals surface area contributed by atoms with Gasteiger partial charge in [0, 0.05) is 45.7 Å². The fourth-order valence-electron chi connectivity index (χ4n) is 7.67. The number of hydrogen-bond acceptors (Lipinski definition) is 10. The second-order valence-corrected chi connectivity index (χ2v) is 13.9. The van der Waals surface area contributed by atoms with Gasteiger partial charge in [-0.3, -0.25) is 19.3 Å². The maximum absolute atomic E-state index is 14.4. The van der Waals surface area contributed by atoms with E-state index in [2.05, 4.69) is 49.6 Å². The molecule has 0 aliphatic carbocycles. The second kappa shape index (κ2) is 17.6. The zero-order valence-corrected chi connectivity index (χ0v) is 31.0. The van der Waals surface area contributed by atoms with Gasteiger partial charge in [-0.15, -0.1) is 5.10 Å². The van der Waals surface area contributed by atoms with Crippen molar-refractivity contribution in [2.75, 3.05) is 79.7 Å². The summed E-state index contributed by atoms with van der Waals surface area (Å²) in [6.07, 6.45) is 3.79. The van der Waals surface area contributed by atoms with Gasteiger partial charge in [0.25, 0.3) is 5.91 Å². The lowest BCUT2D eigenvalue weighted by Crippen LogP contribution is -2.57. The summed E-state index contributed by atoms with van der Waals surface area (Å²) < 4.78 is 12.2. The molecule has 1 atom stereocenters. The number of piperidine rings is 1. The normalized spacial score (nSPS) is 16.8. The van der Waals surface area contributed by atoms with Crippen molar-refractivity contribution in [2.45, 2.75) is 37.5 Å². The highest BCUT2D eigenvalue weighted by molar-refractivity contribution is 5.97. The standard InChI is InChI=1S/C40H50N8O5/c1-4-53-37(49)29-46-23-25-47(26-24-46)39(51)40(33-13-9-6-10-14-33)18-21-45(22-19-40)20-17-32(31-11-7-5-8-12-31)28-44(2)38(50)35-27-34(15-16-36(35)52-3)48-30-41-42-43-48/h5-16,27,30,32H,4,17-26,28-29H2,1-3H3. The highest BCUT2D eigenvalue weighted by Gasteiger charge is 2.45. The summed E-state index contributed by atoms with van der Waals surface area (Å²) in [6.45, 7) is 7.86. The fourth-order valence-corrected chi connectivity index (χ4v) is 7.67. The lowest BCUT2D eigenvalue weighted by Gasteiger charge is -2.45. The van der Waals surface area contributed by atoms with E-state index in [9.17, 15) is 14.4 Å². The molecule has 53 heavy (non-hydrogen) atoms. The van der Waals surface area contributed by atoms with E-state index in [0.717, 1.165) is 44.5 Å². The van der Waals surface area contributed by atoms with Gasteiger partial charge in [-0.05, 0) is 85.6 Å². The molecule has 2 aliphatic heterocycles. The van der Waals surface area contributed by atoms with Crippen molar-refractivity contribution in [3.05, 3.63) is 102 Å². The number of piperazine rings is 1. The van der Waals surface area contributed by atoms with Gasteiger partial charge in [-0.1, -0.05) is 60.7 Å². The van der Waals surface area contributed by atoms with Crippen molar-refractivity contribution in [3.63, 3.8) is 0 Å². The summed E-state index contributed by atoms with van der Waals surface area (Å²) in [6, 6.07) is 25.9. The maximum Gasteiger partial charge on any atom is 0.320 e. The molecule has 6 rings (SSSR count). The van der Waals surface area contributed by atoms with E-state index in [1.54, 1.807) is 24.1 Å². The van der Waals surface area contributed by atoms with Crippen LogP contribution in [0.4, 0.5) is 0 Å². The smallest absolute Gasteiger partial charge is 0.320 e. The molecule has 0 N–H and O–H groups in total. The van der Waals surface area contributed by atoms with Crippen LogP contribution in [0.1, 0.15) is 53.6 Å². The molecule has 1 unspecified atom stereocenters. The van der Waals surface area contributed by atoms with Crippen molar-refractivity contribution in [1.82, 2.24) is 39.8 Å². The molecule has 13 nitrogen and oxygen atoms in total. The highest BCUT2D eigenvalue weighted by atomic mass is 16.5. The first-order valence-corrected chi connectivity index (χ1v) is 18.5. The van der Waals surface area contributed by atoms with E-state index < -0.39 is 5.41 Å². The van der Waals surface area contributed by atoms with Crippen molar-refractivity contribution < 1.29 is 23.9 Å². The molecule has 0 radical (unpaired) electrons. The molecular formula is C40H50N8O5. The summed E-state index contributed by atoms with van der Waals surface area (Å²) in [7, 11) is 3.39. The molecule has 1 aromatic heterocycles. The molecule has 13 heteroatoms. The number of esters is 1. The van der Waals surface area contributed by atoms with Gasteiger partial charge in [0.15, 0.2) is 0 Å². The maximum atomic E-state index is 14.4. The lowest BCUT2D eigenvalue weighted by molar-refractivity contribution is -0.146. The number of ether oxygens (including phenoxy) is 2. The molecule has 2 aliphatic rings. The van der Waals surface area contributed by atoms with Gasteiger partial charge in [0.2, 0.25) is 5.91 Å². The molecule has 3 heterocycles. The fraction of sp³-hybridized carbons (Fsp3) is 0.450. The largest absolute Gasteiger partial charge is 0.496 e. The predicted octanol–water partition coefficient (Wildman–Crippen LogP) is 3.66. The number of benzene rings is 3. The van der Waals surface area contributed by atoms with Crippen LogP contribution in [-0.2, 0) is 19.7 Å². The molecule has 280 valence electrons. The van der Waals surface area contributed by atoms with E-state index in [-0.39, 0.29) is 30.2 Å². The Hall–Kier alpha value is -5.14. The number of nitrogens with zero attached hydrogens (tertiary/aromatic N) is 8. The first-order chi connectivity index (χ1) is 25.8. The van der Waals surface area contributed by atoms with Gasteiger partial charge >= 0.3 is 5.97 Å². The van der Waals surface area contributed by atoms with E-state index >= 15 is 0 Å². The number of rotatable bonds is 14. The van der Waals surface area contributed by atoms with Crippen LogP contribution in [0, 0.1) is 0 Å². The van der Waals surface area contributed by atoms with Crippen molar-refractivity contribution in [3.8, 4) is 11.4 Å². The Bertz CT molecular complexity index is 1790. The number of hydrogen-bond donors (Lipinski definition) is 0. The monoisotopic (exact) mass is 722 g/mol. The Labute approximate surface area is 311 Å². The molecule has 0 spiro atoms. The van der Waals surface area contributed by atoms with Crippen molar-refractivity contribution in [1.29, 1.82) is 0 Å². The van der Waals surface area contributed by atoms with Crippen LogP contribution in [0.25, 0.3) is 5.69 Å². The van der Waals surface area contributed by atoms with Crippen LogP contribution in [0.15, 0.2) is 85.2 Å². The number of carbonyl (C=O) groups is 3. The van der Waals surface area contributed by atoms with Crippen LogP contribution in [0.3, 0.4) is 0 Å². The van der Waals surface area contributed by atoms with E-state index in [1.807, 2.05) is 61.3 Å². The molecule has 0 bridgehead atoms. The SMILES string of the molecule is CCOC(=O)CN1CCN(C(=O)C2(c3ccccc3)CCN(CCC(CN(C)C(=O)c3cc(-n4cnnn4)ccc3OC)c3ccccc3)CC2)CC1. The van der Waals surface area contributed by atoms with Crippen LogP contribution >= 0.6 is 0 Å². The number of tetrazole rings is 1. The minimum absolute atomic E-state index is 0.0900. The number of likely N-dealkylation sites (N-methyl/N-ethyl adjacent to an activating group) is 1. The molecule has 2 fully saturated rings. The Morgan fingerprint density at radius 1 is 0.887 bits per heavy atom. The highest BCUT2D eigenvalue weighted by Crippen LogP contribution is 2.38. The topological polar surface area (TPSA) is 126 Å². The number of methoxy groups -OCH3 is 1. The zero-order valence-electron chi connectivity index (χ0n) is 31.0. The number of carbonyl (C=O) groups excluding carboxylic acids is 3. The number of likely N-dealkylation sites (tertiary alicyclic amines) is 1. The molecule has 2 amide bonds. The third-order valence-electron chi connectivity index (χ3n) is 10.7. The number of aromatic nitrogens is 4. The zero-order chi connectivity index (χ0) is 37.2. The summed E-state index contributed by atoms with van der Waals surface area (Å²) in [5.41, 5.74) is 2.75. The van der Waals surface area contributed by atoms with Gasteiger partial charge in [0.1, 0.15) is 12.1 Å². The van der Waals surface area contributed by atoms with Gasteiger partial charge in [-0.25, -0.2) is 4.68 Å². The Balaban J connectivity index is 1.11. The average molecular weight is 723 g/mol. The Kier molecular flexibility index (Phi) is 12.5. The quantitative estimate of drug-likeness (QED) is 0.178. The number of amides is 2. The van der Waals surface area contributed by atoms with Crippen molar-refractivity contribution >= 4 is 17.8 Å². The van der Waals surface area contributed by atoms with E-state index in [1.165, 1.54) is 16.6 Å². The molecule has 0 saturated carbocycles. The van der Waals surface area contributed by atoms with Gasteiger partial charge in [-0.2, -0.15) is 0 Å². The summed E-state index contributed by atoms with van der Waals surface area (Å²) in [5.74, 6) is 0.385. The van der Waals surface area contributed by atoms with Crippen LogP contribution in [0.2, 0.25) is 0 Å². The van der Waals surface area contributed by atoms with E-state index in [0.29, 0.717) is 56.3 Å². The molecule has 2 saturated heterocycles. The molecular weight excluding hydrogens is 672 g/mol. The summed E-state index contributed by atoms with van der Waals surface area (Å²) in [4.78, 5) is 48.7. The molecule has 4 aromatic rings. The first kappa shape index (κ1) is 37.6. The second-order valence-electron chi connectivity index (χ2n) is 13.9. The van der Waals surface area contributed by atoms with Crippen LogP contribution in [0.5, 0.6) is 5.75 Å². The van der Waals surface area contributed by atoms with E-state index in [4.69, 9.17) is 9.47 Å². The summed E-state index contributed by atoms with van der Waals surface area (Å²) >= 11 is 0.